The molecule has 0 saturated heterocycles. The molecule has 3 N–H and O–H groups in total. The van der Waals surface area contributed by atoms with Crippen LogP contribution in [0.2, 0.25) is 0 Å². The highest BCUT2D eigenvalue weighted by Gasteiger charge is 2.19. The first-order valence-electron chi connectivity index (χ1n) is 8.42. The molecular formula is C20H24N2O3. The fraction of sp³-hybridized carbons (Fsp3) is 0.300. The van der Waals surface area contributed by atoms with Crippen molar-refractivity contribution in [3.05, 3.63) is 59.7 Å². The molecule has 5 heteroatoms. The van der Waals surface area contributed by atoms with Gasteiger partial charge in [0.25, 0.3) is 5.91 Å². The van der Waals surface area contributed by atoms with Crippen molar-refractivity contribution in [1.29, 1.82) is 0 Å². The molecule has 1 atom stereocenters. The van der Waals surface area contributed by atoms with Gasteiger partial charge >= 0.3 is 0 Å². The Morgan fingerprint density at radius 1 is 1.12 bits per heavy atom. The summed E-state index contributed by atoms with van der Waals surface area (Å²) >= 11 is 0. The molecule has 0 heterocycles. The topological polar surface area (TPSA) is 78.4 Å². The summed E-state index contributed by atoms with van der Waals surface area (Å²) in [6.07, 6.45) is 1.38. The van der Waals surface area contributed by atoms with Crippen molar-refractivity contribution < 1.29 is 14.7 Å². The quantitative estimate of drug-likeness (QED) is 0.724. The van der Waals surface area contributed by atoms with Crippen molar-refractivity contribution in [2.45, 2.75) is 32.4 Å². The standard InChI is InChI=1S/C20H24N2O3/c1-3-7-18(20(25)21-2)22-19(24)15-10-6-9-14(12-15)17-11-5-4-8-16(17)13-23/h4-6,8-12,18,23H,3,7,13H2,1-2H3,(H,21,25)(H,22,24). The van der Waals surface area contributed by atoms with Crippen LogP contribution in [0.3, 0.4) is 0 Å². The van der Waals surface area contributed by atoms with E-state index in [2.05, 4.69) is 10.6 Å². The van der Waals surface area contributed by atoms with E-state index in [4.69, 9.17) is 0 Å². The number of hydrogen-bond acceptors (Lipinski definition) is 3. The number of carbonyl (C=O) groups excluding carboxylic acids is 2. The fourth-order valence-electron chi connectivity index (χ4n) is 2.74. The lowest BCUT2D eigenvalue weighted by Gasteiger charge is -2.17. The molecule has 0 aliphatic rings. The lowest BCUT2D eigenvalue weighted by molar-refractivity contribution is -0.122. The molecule has 0 bridgehead atoms. The van der Waals surface area contributed by atoms with Gasteiger partial charge in [0.05, 0.1) is 6.61 Å². The van der Waals surface area contributed by atoms with Gasteiger partial charge in [-0.15, -0.1) is 0 Å². The summed E-state index contributed by atoms with van der Waals surface area (Å²) in [5.41, 5.74) is 3.02. The Kier molecular flexibility index (Phi) is 6.71. The van der Waals surface area contributed by atoms with Crippen LogP contribution in [-0.4, -0.2) is 30.0 Å². The molecule has 0 saturated carbocycles. The van der Waals surface area contributed by atoms with Crippen LogP contribution in [0.1, 0.15) is 35.7 Å². The summed E-state index contributed by atoms with van der Waals surface area (Å²) in [6, 6.07) is 14.2. The van der Waals surface area contributed by atoms with Gasteiger partial charge in [0.1, 0.15) is 6.04 Å². The molecule has 0 radical (unpaired) electrons. The Hall–Kier alpha value is -2.66. The molecule has 25 heavy (non-hydrogen) atoms. The number of amides is 2. The Bertz CT molecular complexity index is 743. The smallest absolute Gasteiger partial charge is 0.251 e. The van der Waals surface area contributed by atoms with Crippen LogP contribution in [-0.2, 0) is 11.4 Å². The van der Waals surface area contributed by atoms with E-state index in [0.717, 1.165) is 23.1 Å². The molecule has 2 aromatic carbocycles. The fourth-order valence-corrected chi connectivity index (χ4v) is 2.74. The number of rotatable bonds is 7. The summed E-state index contributed by atoms with van der Waals surface area (Å²) in [5, 5.41) is 14.9. The summed E-state index contributed by atoms with van der Waals surface area (Å²) < 4.78 is 0. The van der Waals surface area contributed by atoms with E-state index in [1.807, 2.05) is 37.3 Å². The lowest BCUT2D eigenvalue weighted by Crippen LogP contribution is -2.45. The van der Waals surface area contributed by atoms with E-state index in [1.54, 1.807) is 25.2 Å². The minimum Gasteiger partial charge on any atom is -0.392 e. The van der Waals surface area contributed by atoms with E-state index >= 15 is 0 Å². The third kappa shape index (κ3) is 4.67. The number of aliphatic hydroxyl groups is 1. The molecular weight excluding hydrogens is 316 g/mol. The van der Waals surface area contributed by atoms with Gasteiger partial charge in [-0.25, -0.2) is 0 Å². The number of aliphatic hydroxyl groups excluding tert-OH is 1. The zero-order chi connectivity index (χ0) is 18.2. The third-order valence-corrected chi connectivity index (χ3v) is 4.07. The van der Waals surface area contributed by atoms with Crippen LogP contribution >= 0.6 is 0 Å². The van der Waals surface area contributed by atoms with Gasteiger partial charge in [-0.05, 0) is 35.2 Å². The molecule has 0 fully saturated rings. The van der Waals surface area contributed by atoms with Crippen molar-refractivity contribution in [2.75, 3.05) is 7.05 Å². The molecule has 0 aromatic heterocycles. The first-order valence-corrected chi connectivity index (χ1v) is 8.42. The average Bonchev–Trinajstić information content (AvgIpc) is 2.67. The molecule has 2 rings (SSSR count). The number of carbonyl (C=O) groups is 2. The Balaban J connectivity index is 2.25. The minimum atomic E-state index is -0.545. The van der Waals surface area contributed by atoms with Gasteiger partial charge in [0.2, 0.25) is 5.91 Å². The minimum absolute atomic E-state index is 0.0676. The van der Waals surface area contributed by atoms with Crippen molar-refractivity contribution >= 4 is 11.8 Å². The molecule has 5 nitrogen and oxygen atoms in total. The van der Waals surface area contributed by atoms with Crippen molar-refractivity contribution in [2.24, 2.45) is 0 Å². The normalized spacial score (nSPS) is 11.6. The van der Waals surface area contributed by atoms with Crippen LogP contribution in [0.4, 0.5) is 0 Å². The van der Waals surface area contributed by atoms with Crippen LogP contribution in [0.5, 0.6) is 0 Å². The molecule has 2 amide bonds. The second-order valence-corrected chi connectivity index (χ2v) is 5.83. The van der Waals surface area contributed by atoms with Gasteiger partial charge in [0.15, 0.2) is 0 Å². The Morgan fingerprint density at radius 3 is 2.56 bits per heavy atom. The second-order valence-electron chi connectivity index (χ2n) is 5.83. The average molecular weight is 340 g/mol. The number of benzene rings is 2. The van der Waals surface area contributed by atoms with Gasteiger partial charge in [0, 0.05) is 12.6 Å². The first-order chi connectivity index (χ1) is 12.1. The van der Waals surface area contributed by atoms with E-state index in [9.17, 15) is 14.7 Å². The molecule has 0 aliphatic heterocycles. The van der Waals surface area contributed by atoms with Crippen molar-refractivity contribution in [3.63, 3.8) is 0 Å². The van der Waals surface area contributed by atoms with E-state index in [0.29, 0.717) is 12.0 Å². The zero-order valence-electron chi connectivity index (χ0n) is 14.6. The summed E-state index contributed by atoms with van der Waals surface area (Å²) in [5.74, 6) is -0.484. The van der Waals surface area contributed by atoms with E-state index in [-0.39, 0.29) is 18.4 Å². The monoisotopic (exact) mass is 340 g/mol. The predicted octanol–water partition coefficient (Wildman–Crippen LogP) is 2.49. The predicted molar refractivity (Wildman–Crippen MR) is 98.0 cm³/mol. The highest BCUT2D eigenvalue weighted by Crippen LogP contribution is 2.24. The summed E-state index contributed by atoms with van der Waals surface area (Å²) in [7, 11) is 1.56. The Morgan fingerprint density at radius 2 is 1.88 bits per heavy atom. The number of hydrogen-bond donors (Lipinski definition) is 3. The maximum atomic E-state index is 12.5. The first kappa shape index (κ1) is 18.7. The third-order valence-electron chi connectivity index (χ3n) is 4.07. The van der Waals surface area contributed by atoms with Gasteiger partial charge < -0.3 is 15.7 Å². The molecule has 0 spiro atoms. The largest absolute Gasteiger partial charge is 0.392 e. The van der Waals surface area contributed by atoms with Crippen LogP contribution in [0.15, 0.2) is 48.5 Å². The van der Waals surface area contributed by atoms with Crippen molar-refractivity contribution in [3.8, 4) is 11.1 Å². The SMILES string of the molecule is CCCC(NC(=O)c1cccc(-c2ccccc2CO)c1)C(=O)NC. The molecule has 2 aromatic rings. The second kappa shape index (κ2) is 8.99. The van der Waals surface area contributed by atoms with E-state index < -0.39 is 6.04 Å². The van der Waals surface area contributed by atoms with Gasteiger partial charge in [-0.1, -0.05) is 49.7 Å². The molecule has 0 aliphatic carbocycles. The number of nitrogens with one attached hydrogen (secondary N) is 2. The van der Waals surface area contributed by atoms with E-state index in [1.165, 1.54) is 0 Å². The van der Waals surface area contributed by atoms with Crippen LogP contribution in [0.25, 0.3) is 11.1 Å². The molecule has 1 unspecified atom stereocenters. The van der Waals surface area contributed by atoms with Gasteiger partial charge in [-0.2, -0.15) is 0 Å². The maximum Gasteiger partial charge on any atom is 0.251 e. The Labute approximate surface area is 148 Å². The van der Waals surface area contributed by atoms with Crippen LogP contribution < -0.4 is 10.6 Å². The highest BCUT2D eigenvalue weighted by molar-refractivity contribution is 5.98. The lowest BCUT2D eigenvalue weighted by atomic mass is 9.98. The highest BCUT2D eigenvalue weighted by atomic mass is 16.3. The van der Waals surface area contributed by atoms with Gasteiger partial charge in [-0.3, -0.25) is 9.59 Å². The summed E-state index contributed by atoms with van der Waals surface area (Å²) in [6.45, 7) is 1.90. The number of likely N-dealkylation sites (N-methyl/N-ethyl adjacent to an activating group) is 1. The summed E-state index contributed by atoms with van der Waals surface area (Å²) in [4.78, 5) is 24.4. The van der Waals surface area contributed by atoms with Crippen LogP contribution in [0, 0.1) is 0 Å². The zero-order valence-corrected chi connectivity index (χ0v) is 14.6. The van der Waals surface area contributed by atoms with Crippen molar-refractivity contribution in [1.82, 2.24) is 10.6 Å². The molecule has 132 valence electrons. The maximum absolute atomic E-state index is 12.5.